The number of hydrogen-bond donors (Lipinski definition) is 2. The third-order valence-electron chi connectivity index (χ3n) is 3.87. The summed E-state index contributed by atoms with van der Waals surface area (Å²) in [5, 5.41) is 13.6. The molecule has 1 amide bonds. The van der Waals surface area contributed by atoms with Crippen LogP contribution in [-0.2, 0) is 11.2 Å². The van der Waals surface area contributed by atoms with E-state index in [2.05, 4.69) is 10.3 Å². The molecule has 0 fully saturated rings. The zero-order valence-electron chi connectivity index (χ0n) is 16.2. The van der Waals surface area contributed by atoms with Crippen molar-refractivity contribution in [2.24, 2.45) is 5.41 Å². The summed E-state index contributed by atoms with van der Waals surface area (Å²) in [6.45, 7) is 5.90. The Kier molecular flexibility index (Phi) is 6.33. The molecule has 0 radical (unpaired) electrons. The zero-order chi connectivity index (χ0) is 20.1. The van der Waals surface area contributed by atoms with Crippen molar-refractivity contribution in [2.75, 3.05) is 7.05 Å². The first-order valence-electron chi connectivity index (χ1n) is 8.80. The van der Waals surface area contributed by atoms with Gasteiger partial charge in [-0.3, -0.25) is 9.78 Å². The number of rotatable bonds is 6. The monoisotopic (exact) mass is 370 g/mol. The number of ether oxygens (including phenoxy) is 1. The highest BCUT2D eigenvalue weighted by Gasteiger charge is 2.37. The molecule has 2 N–H and O–H groups in total. The van der Waals surface area contributed by atoms with Crippen LogP contribution in [0.1, 0.15) is 53.6 Å². The first-order chi connectivity index (χ1) is 12.6. The molecule has 1 aromatic heterocycles. The van der Waals surface area contributed by atoms with Crippen LogP contribution in [0.15, 0.2) is 48.7 Å². The van der Waals surface area contributed by atoms with Crippen molar-refractivity contribution in [2.45, 2.75) is 39.4 Å². The van der Waals surface area contributed by atoms with E-state index in [9.17, 15) is 14.7 Å². The van der Waals surface area contributed by atoms with E-state index in [0.717, 1.165) is 5.56 Å². The average molecular weight is 370 g/mol. The van der Waals surface area contributed by atoms with Crippen LogP contribution in [0.4, 0.5) is 0 Å². The summed E-state index contributed by atoms with van der Waals surface area (Å²) in [5.74, 6) is -2.78. The van der Waals surface area contributed by atoms with Gasteiger partial charge in [-0.25, -0.2) is 4.79 Å². The van der Waals surface area contributed by atoms with E-state index in [1.807, 2.05) is 51.1 Å². The van der Waals surface area contributed by atoms with Gasteiger partial charge in [-0.15, -0.1) is 0 Å². The Balaban J connectivity index is 2.26. The van der Waals surface area contributed by atoms with Crippen molar-refractivity contribution in [1.82, 2.24) is 10.3 Å². The van der Waals surface area contributed by atoms with Gasteiger partial charge in [0.1, 0.15) is 5.69 Å². The van der Waals surface area contributed by atoms with Crippen LogP contribution in [0.3, 0.4) is 0 Å². The molecule has 0 aliphatic heterocycles. The number of hydrogen-bond acceptors (Lipinski definition) is 5. The fourth-order valence-corrected chi connectivity index (χ4v) is 2.92. The van der Waals surface area contributed by atoms with E-state index in [1.54, 1.807) is 0 Å². The summed E-state index contributed by atoms with van der Waals surface area (Å²) in [5.41, 5.74) is 0.853. The minimum Gasteiger partial charge on any atom is -0.429 e. The number of nitrogens with one attached hydrogen (secondary N) is 1. The lowest BCUT2D eigenvalue weighted by Crippen LogP contribution is -2.41. The number of aromatic nitrogens is 1. The smallest absolute Gasteiger partial charge is 0.340 e. The fourth-order valence-electron chi connectivity index (χ4n) is 2.92. The summed E-state index contributed by atoms with van der Waals surface area (Å²) in [7, 11) is 1.48. The third-order valence-corrected chi connectivity index (χ3v) is 3.87. The van der Waals surface area contributed by atoms with Gasteiger partial charge in [-0.2, -0.15) is 0 Å². The van der Waals surface area contributed by atoms with E-state index < -0.39 is 17.7 Å². The Morgan fingerprint density at radius 2 is 1.81 bits per heavy atom. The number of esters is 1. The molecule has 1 unspecified atom stereocenters. The molecule has 2 aromatic rings. The summed E-state index contributed by atoms with van der Waals surface area (Å²) >= 11 is 0. The molecular weight excluding hydrogens is 344 g/mol. The van der Waals surface area contributed by atoms with Crippen molar-refractivity contribution in [1.29, 1.82) is 0 Å². The highest BCUT2D eigenvalue weighted by atomic mass is 16.7. The summed E-state index contributed by atoms with van der Waals surface area (Å²) in [6.07, 6.45) is 1.79. The average Bonchev–Trinajstić information content (AvgIpc) is 2.60. The van der Waals surface area contributed by atoms with Crippen LogP contribution in [0.25, 0.3) is 0 Å². The third kappa shape index (κ3) is 6.18. The van der Waals surface area contributed by atoms with Gasteiger partial charge in [0.15, 0.2) is 0 Å². The largest absolute Gasteiger partial charge is 0.429 e. The molecule has 0 bridgehead atoms. The summed E-state index contributed by atoms with van der Waals surface area (Å²) in [4.78, 5) is 28.3. The van der Waals surface area contributed by atoms with Gasteiger partial charge < -0.3 is 15.2 Å². The van der Waals surface area contributed by atoms with E-state index in [4.69, 9.17) is 4.74 Å². The predicted octanol–water partition coefficient (Wildman–Crippen LogP) is 2.97. The molecule has 1 atom stereocenters. The van der Waals surface area contributed by atoms with Crippen molar-refractivity contribution in [3.63, 3.8) is 0 Å². The maximum atomic E-state index is 12.7. The van der Waals surface area contributed by atoms with E-state index in [-0.39, 0.29) is 29.5 Å². The molecule has 0 spiro atoms. The Bertz CT molecular complexity index is 799. The number of nitrogens with zero attached hydrogens (tertiary/aromatic N) is 1. The molecule has 27 heavy (non-hydrogen) atoms. The predicted molar refractivity (Wildman–Crippen MR) is 102 cm³/mol. The Morgan fingerprint density at radius 3 is 2.41 bits per heavy atom. The second kappa shape index (κ2) is 8.31. The van der Waals surface area contributed by atoms with Crippen LogP contribution < -0.4 is 5.32 Å². The maximum Gasteiger partial charge on any atom is 0.340 e. The molecule has 0 saturated heterocycles. The van der Waals surface area contributed by atoms with Crippen molar-refractivity contribution < 1.29 is 19.4 Å². The van der Waals surface area contributed by atoms with Gasteiger partial charge in [0.2, 0.25) is 5.79 Å². The normalized spacial score (nSPS) is 13.5. The number of carbonyl (C=O) groups is 2. The molecule has 0 aliphatic rings. The molecule has 6 heteroatoms. The molecular formula is C21H26N2O4. The first kappa shape index (κ1) is 20.6. The Hall–Kier alpha value is -2.73. The molecule has 6 nitrogen and oxygen atoms in total. The highest BCUT2D eigenvalue weighted by Crippen LogP contribution is 2.31. The quantitative estimate of drug-likeness (QED) is 0.603. The fraction of sp³-hybridized carbons (Fsp3) is 0.381. The van der Waals surface area contributed by atoms with Crippen molar-refractivity contribution in [3.05, 3.63) is 65.5 Å². The molecule has 2 rings (SSSR count). The van der Waals surface area contributed by atoms with Crippen LogP contribution in [0, 0.1) is 5.41 Å². The number of aliphatic hydroxyl groups is 1. The lowest BCUT2D eigenvalue weighted by Gasteiger charge is -2.34. The van der Waals surface area contributed by atoms with E-state index >= 15 is 0 Å². The zero-order valence-corrected chi connectivity index (χ0v) is 16.2. The van der Waals surface area contributed by atoms with Gasteiger partial charge in [0, 0.05) is 26.1 Å². The SMILES string of the molecule is CNC(=O)c1cc(C(=O)OC(O)(Cc2ccccc2)CC(C)(C)C)ccn1. The molecule has 0 saturated carbocycles. The number of pyridine rings is 1. The lowest BCUT2D eigenvalue weighted by atomic mass is 9.85. The number of carbonyl (C=O) groups excluding carboxylic acids is 2. The maximum absolute atomic E-state index is 12.7. The first-order valence-corrected chi connectivity index (χ1v) is 8.80. The second-order valence-corrected chi connectivity index (χ2v) is 7.74. The summed E-state index contributed by atoms with van der Waals surface area (Å²) in [6, 6.07) is 12.2. The van der Waals surface area contributed by atoms with Gasteiger partial charge >= 0.3 is 5.97 Å². The van der Waals surface area contributed by atoms with Crippen molar-refractivity contribution in [3.8, 4) is 0 Å². The van der Waals surface area contributed by atoms with Gasteiger partial charge in [-0.05, 0) is 23.1 Å². The number of benzene rings is 1. The van der Waals surface area contributed by atoms with Crippen LogP contribution in [0.2, 0.25) is 0 Å². The van der Waals surface area contributed by atoms with Gasteiger partial charge in [0.05, 0.1) is 5.56 Å². The minimum atomic E-state index is -1.67. The van der Waals surface area contributed by atoms with E-state index in [0.29, 0.717) is 0 Å². The van der Waals surface area contributed by atoms with Gasteiger partial charge in [0.25, 0.3) is 5.91 Å². The molecule has 1 aromatic carbocycles. The Morgan fingerprint density at radius 1 is 1.15 bits per heavy atom. The minimum absolute atomic E-state index is 0.106. The second-order valence-electron chi connectivity index (χ2n) is 7.74. The Labute approximate surface area is 159 Å². The van der Waals surface area contributed by atoms with Crippen LogP contribution in [-0.4, -0.2) is 34.8 Å². The van der Waals surface area contributed by atoms with Gasteiger partial charge in [-0.1, -0.05) is 51.1 Å². The molecule has 0 aliphatic carbocycles. The highest BCUT2D eigenvalue weighted by molar-refractivity contribution is 5.96. The summed E-state index contributed by atoms with van der Waals surface area (Å²) < 4.78 is 5.53. The molecule has 144 valence electrons. The van der Waals surface area contributed by atoms with Crippen LogP contribution >= 0.6 is 0 Å². The topological polar surface area (TPSA) is 88.5 Å². The molecule has 1 heterocycles. The van der Waals surface area contributed by atoms with Crippen LogP contribution in [0.5, 0.6) is 0 Å². The van der Waals surface area contributed by atoms with E-state index in [1.165, 1.54) is 25.4 Å². The van der Waals surface area contributed by atoms with Crippen molar-refractivity contribution >= 4 is 11.9 Å². The lowest BCUT2D eigenvalue weighted by molar-refractivity contribution is -0.182. The standard InChI is InChI=1S/C21H26N2O4/c1-20(2,3)14-21(26,13-15-8-6-5-7-9-15)27-19(25)16-10-11-23-17(12-16)18(24)22-4/h5-12,26H,13-14H2,1-4H3,(H,22,24). The number of amides is 1.